The third kappa shape index (κ3) is 4.67. The lowest BCUT2D eigenvalue weighted by Crippen LogP contribution is -2.55. The van der Waals surface area contributed by atoms with Crippen LogP contribution in [-0.2, 0) is 4.79 Å². The Balaban J connectivity index is 1.33. The van der Waals surface area contributed by atoms with Crippen molar-refractivity contribution in [3.8, 4) is 5.75 Å². The first kappa shape index (κ1) is 25.5. The fraction of sp³-hybridized carbons (Fsp3) is 0.481. The summed E-state index contributed by atoms with van der Waals surface area (Å²) in [5.74, 6) is -0.0872. The minimum Gasteiger partial charge on any atom is -0.490 e. The lowest BCUT2D eigenvalue weighted by atomic mass is 9.75. The Bertz CT molecular complexity index is 1250. The largest absolute Gasteiger partial charge is 0.490 e. The number of piperazine rings is 1. The summed E-state index contributed by atoms with van der Waals surface area (Å²) in [6, 6.07) is 6.45. The van der Waals surface area contributed by atoms with E-state index in [9.17, 15) is 9.18 Å². The predicted octanol–water partition coefficient (Wildman–Crippen LogP) is 4.16. The minimum absolute atomic E-state index is 0.112. The van der Waals surface area contributed by atoms with Crippen LogP contribution in [0.25, 0.3) is 4.85 Å². The molecule has 3 heterocycles. The maximum absolute atomic E-state index is 14.7. The van der Waals surface area contributed by atoms with E-state index in [1.165, 1.54) is 17.2 Å². The molecule has 3 fully saturated rings. The SMILES string of the molecule is [C-]#[N+]c1ncc(N2C(=O)C3(CCC3)N(c3ccc(F)c(OCCCN4CCN(C)CC4)c3)C2=S)cc1C. The van der Waals surface area contributed by atoms with Crippen LogP contribution < -0.4 is 14.5 Å². The van der Waals surface area contributed by atoms with Crippen LogP contribution >= 0.6 is 12.2 Å². The number of halogens is 1. The van der Waals surface area contributed by atoms with Gasteiger partial charge >= 0.3 is 0 Å². The second-order valence-electron chi connectivity index (χ2n) is 10.1. The lowest BCUT2D eigenvalue weighted by Gasteiger charge is -2.43. The van der Waals surface area contributed by atoms with Crippen molar-refractivity contribution in [2.24, 2.45) is 0 Å². The van der Waals surface area contributed by atoms with Crippen LogP contribution in [0.15, 0.2) is 30.5 Å². The molecule has 5 rings (SSSR count). The zero-order chi connectivity index (χ0) is 26.2. The zero-order valence-corrected chi connectivity index (χ0v) is 22.1. The Hall–Kier alpha value is -3.13. The number of benzene rings is 1. The van der Waals surface area contributed by atoms with Crippen molar-refractivity contribution in [2.75, 3.05) is 56.2 Å². The van der Waals surface area contributed by atoms with Crippen molar-refractivity contribution < 1.29 is 13.9 Å². The summed E-state index contributed by atoms with van der Waals surface area (Å²) in [7, 11) is 2.13. The summed E-state index contributed by atoms with van der Waals surface area (Å²) >= 11 is 5.82. The van der Waals surface area contributed by atoms with E-state index in [1.807, 2.05) is 4.90 Å². The van der Waals surface area contributed by atoms with Gasteiger partial charge in [0.15, 0.2) is 16.7 Å². The second kappa shape index (κ2) is 10.3. The second-order valence-corrected chi connectivity index (χ2v) is 10.4. The zero-order valence-electron chi connectivity index (χ0n) is 21.2. The molecule has 1 spiro atoms. The van der Waals surface area contributed by atoms with Gasteiger partial charge in [-0.15, -0.1) is 4.98 Å². The highest BCUT2D eigenvalue weighted by Gasteiger charge is 2.59. The van der Waals surface area contributed by atoms with Crippen molar-refractivity contribution in [1.82, 2.24) is 14.8 Å². The first-order chi connectivity index (χ1) is 17.8. The van der Waals surface area contributed by atoms with E-state index < -0.39 is 11.4 Å². The highest BCUT2D eigenvalue weighted by atomic mass is 32.1. The Morgan fingerprint density at radius 2 is 1.95 bits per heavy atom. The molecule has 1 saturated carbocycles. The molecule has 10 heteroatoms. The van der Waals surface area contributed by atoms with Crippen LogP contribution in [0.5, 0.6) is 5.75 Å². The van der Waals surface area contributed by atoms with E-state index in [-0.39, 0.29) is 11.7 Å². The number of aromatic nitrogens is 1. The number of carbonyl (C=O) groups is 1. The van der Waals surface area contributed by atoms with E-state index in [1.54, 1.807) is 25.1 Å². The predicted molar refractivity (Wildman–Crippen MR) is 145 cm³/mol. The third-order valence-electron chi connectivity index (χ3n) is 7.64. The fourth-order valence-corrected chi connectivity index (χ4v) is 5.75. The van der Waals surface area contributed by atoms with Crippen LogP contribution in [0, 0.1) is 19.3 Å². The monoisotopic (exact) mass is 522 g/mol. The Kier molecular flexibility index (Phi) is 7.12. The first-order valence-corrected chi connectivity index (χ1v) is 13.1. The number of nitrogens with zero attached hydrogens (tertiary/aromatic N) is 6. The van der Waals surface area contributed by atoms with Gasteiger partial charge < -0.3 is 24.3 Å². The molecule has 0 atom stereocenters. The van der Waals surface area contributed by atoms with E-state index in [0.717, 1.165) is 45.6 Å². The van der Waals surface area contributed by atoms with Gasteiger partial charge in [-0.1, -0.05) is 6.57 Å². The maximum Gasteiger partial charge on any atom is 0.272 e. The van der Waals surface area contributed by atoms with Crippen molar-refractivity contribution >= 4 is 40.4 Å². The average molecular weight is 523 g/mol. The molecule has 194 valence electrons. The topological polar surface area (TPSA) is 56.5 Å². The van der Waals surface area contributed by atoms with Crippen LogP contribution in [-0.4, -0.2) is 77.7 Å². The van der Waals surface area contributed by atoms with Crippen molar-refractivity contribution in [2.45, 2.75) is 38.1 Å². The number of aryl methyl sites for hydroxylation is 1. The van der Waals surface area contributed by atoms with Gasteiger partial charge in [0.25, 0.3) is 11.7 Å². The number of pyridine rings is 1. The number of hydrogen-bond donors (Lipinski definition) is 0. The van der Waals surface area contributed by atoms with Gasteiger partial charge in [-0.2, -0.15) is 0 Å². The van der Waals surface area contributed by atoms with Crippen LogP contribution in [0.2, 0.25) is 0 Å². The Labute approximate surface area is 222 Å². The molecular formula is C27H31FN6O2S. The van der Waals surface area contributed by atoms with Gasteiger partial charge in [-0.3, -0.25) is 9.69 Å². The molecule has 37 heavy (non-hydrogen) atoms. The van der Waals surface area contributed by atoms with Gasteiger partial charge in [0.1, 0.15) is 11.7 Å². The van der Waals surface area contributed by atoms with Crippen LogP contribution in [0.3, 0.4) is 0 Å². The van der Waals surface area contributed by atoms with Crippen molar-refractivity contribution in [1.29, 1.82) is 0 Å². The van der Waals surface area contributed by atoms with E-state index in [0.29, 0.717) is 47.3 Å². The van der Waals surface area contributed by atoms with Crippen LogP contribution in [0.4, 0.5) is 21.6 Å². The summed E-state index contributed by atoms with van der Waals surface area (Å²) in [4.78, 5) is 29.4. The highest BCUT2D eigenvalue weighted by Crippen LogP contribution is 2.48. The molecule has 3 aliphatic rings. The number of hydrogen-bond acceptors (Lipinski definition) is 6. The third-order valence-corrected chi connectivity index (χ3v) is 8.00. The summed E-state index contributed by atoms with van der Waals surface area (Å²) in [5.41, 5.74) is 1.06. The molecule has 1 aromatic heterocycles. The van der Waals surface area contributed by atoms with E-state index in [4.69, 9.17) is 23.5 Å². The number of thiocarbonyl (C=S) groups is 1. The molecule has 0 unspecified atom stereocenters. The van der Waals surface area contributed by atoms with Crippen LogP contribution in [0.1, 0.15) is 31.2 Å². The minimum atomic E-state index is -0.792. The quantitative estimate of drug-likeness (QED) is 0.308. The molecule has 0 radical (unpaired) electrons. The van der Waals surface area contributed by atoms with Crippen molar-refractivity contribution in [3.63, 3.8) is 0 Å². The first-order valence-electron chi connectivity index (χ1n) is 12.7. The summed E-state index contributed by atoms with van der Waals surface area (Å²) < 4.78 is 20.6. The number of carbonyl (C=O) groups excluding carboxylic acids is 1. The Morgan fingerprint density at radius 1 is 1.19 bits per heavy atom. The van der Waals surface area contributed by atoms with Gasteiger partial charge in [0, 0.05) is 44.5 Å². The number of anilines is 2. The molecule has 0 N–H and O–H groups in total. The Morgan fingerprint density at radius 3 is 2.59 bits per heavy atom. The van der Waals surface area contributed by atoms with E-state index >= 15 is 0 Å². The molecule has 1 aliphatic carbocycles. The van der Waals surface area contributed by atoms with Gasteiger partial charge in [-0.05, 0) is 75.6 Å². The smallest absolute Gasteiger partial charge is 0.272 e. The number of amides is 1. The summed E-state index contributed by atoms with van der Waals surface area (Å²) in [6.45, 7) is 14.6. The molecule has 0 bridgehead atoms. The molecular weight excluding hydrogens is 491 g/mol. The number of likely N-dealkylation sites (N-methyl/N-ethyl adjacent to an activating group) is 1. The number of ether oxygens (including phenoxy) is 1. The maximum atomic E-state index is 14.7. The van der Waals surface area contributed by atoms with Gasteiger partial charge in [0.05, 0.1) is 12.3 Å². The summed E-state index contributed by atoms with van der Waals surface area (Å²) in [5, 5.41) is 0.328. The van der Waals surface area contributed by atoms with E-state index in [2.05, 4.69) is 26.7 Å². The standard InChI is InChI=1S/C27H31FN6O2S/c1-19-16-21(18-30-24(19)29-2)33-25(35)27(8-4-9-27)34(26(33)37)20-6-7-22(28)23(17-20)36-15-5-10-32-13-11-31(3)12-14-32/h6-7,16-18H,4-5,8-15H2,1,3H3. The molecule has 2 aliphatic heterocycles. The molecule has 2 aromatic rings. The molecule has 1 aromatic carbocycles. The van der Waals surface area contributed by atoms with Gasteiger partial charge in [0.2, 0.25) is 0 Å². The average Bonchev–Trinajstić information content (AvgIpc) is 3.10. The molecule has 8 nitrogen and oxygen atoms in total. The highest BCUT2D eigenvalue weighted by molar-refractivity contribution is 7.81. The fourth-order valence-electron chi connectivity index (χ4n) is 5.28. The normalized spacial score (nSPS) is 19.8. The molecule has 1 amide bonds. The number of rotatable bonds is 7. The summed E-state index contributed by atoms with van der Waals surface area (Å²) in [6.07, 6.45) is 4.55. The molecule has 2 saturated heterocycles. The lowest BCUT2D eigenvalue weighted by molar-refractivity contribution is -0.123. The van der Waals surface area contributed by atoms with Gasteiger partial charge in [-0.25, -0.2) is 4.39 Å². The van der Waals surface area contributed by atoms with Crippen molar-refractivity contribution in [3.05, 3.63) is 53.3 Å².